The van der Waals surface area contributed by atoms with Gasteiger partial charge in [-0.3, -0.25) is 4.79 Å². The number of carbonyl (C=O) groups excluding carboxylic acids is 2. The van der Waals surface area contributed by atoms with Crippen molar-refractivity contribution in [2.75, 3.05) is 6.61 Å². The molecule has 2 aliphatic heterocycles. The number of nitriles is 1. The van der Waals surface area contributed by atoms with Crippen molar-refractivity contribution >= 4 is 11.9 Å². The van der Waals surface area contributed by atoms with Crippen molar-refractivity contribution < 1.29 is 18.7 Å². The first-order valence-corrected chi connectivity index (χ1v) is 13.4. The van der Waals surface area contributed by atoms with Crippen LogP contribution in [0, 0.1) is 23.1 Å². The average molecular weight is 509 g/mol. The molecule has 0 radical (unpaired) electrons. The van der Waals surface area contributed by atoms with Gasteiger partial charge in [-0.15, -0.1) is 0 Å². The summed E-state index contributed by atoms with van der Waals surface area (Å²) >= 11 is 0. The fourth-order valence-corrected chi connectivity index (χ4v) is 6.76. The molecule has 2 heterocycles. The summed E-state index contributed by atoms with van der Waals surface area (Å²) in [4.78, 5) is 28.5. The molecule has 2 atom stereocenters. The highest BCUT2D eigenvalue weighted by atomic mass is 19.1. The highest BCUT2D eigenvalue weighted by Gasteiger charge is 2.44. The smallest absolute Gasteiger partial charge is 0.410 e. The minimum atomic E-state index is -0.450. The monoisotopic (exact) mass is 508 g/mol. The second-order valence-electron chi connectivity index (χ2n) is 10.7. The van der Waals surface area contributed by atoms with Crippen molar-refractivity contribution in [2.45, 2.75) is 56.5 Å². The van der Waals surface area contributed by atoms with E-state index in [1.54, 1.807) is 0 Å². The number of halogens is 1. The maximum Gasteiger partial charge on any atom is 0.410 e. The minimum Gasteiger partial charge on any atom is -0.448 e. The van der Waals surface area contributed by atoms with Crippen molar-refractivity contribution in [1.82, 2.24) is 4.90 Å². The topological polar surface area (TPSA) is 70.4 Å². The number of carbonyl (C=O) groups is 2. The van der Waals surface area contributed by atoms with Gasteiger partial charge in [0.15, 0.2) is 0 Å². The Morgan fingerprint density at radius 1 is 0.947 bits per heavy atom. The SMILES string of the molecule is N#Cc1ccc(F)cc1CC(=O)C1CC2CCCC(C1)N2C(=O)OCC1c2ccccc2-c2ccccc21. The average Bonchev–Trinajstić information content (AvgIpc) is 3.24. The molecule has 6 rings (SSSR count). The zero-order valence-corrected chi connectivity index (χ0v) is 21.1. The van der Waals surface area contributed by atoms with E-state index in [4.69, 9.17) is 4.74 Å². The Morgan fingerprint density at radius 2 is 1.58 bits per heavy atom. The lowest BCUT2D eigenvalue weighted by Crippen LogP contribution is -2.56. The number of fused-ring (bicyclic) bond motifs is 5. The fourth-order valence-electron chi connectivity index (χ4n) is 6.76. The number of hydrogen-bond donors (Lipinski definition) is 0. The number of ketones is 1. The molecule has 1 amide bonds. The molecule has 3 aromatic rings. The van der Waals surface area contributed by atoms with Crippen LogP contribution in [0.1, 0.15) is 60.3 Å². The van der Waals surface area contributed by atoms with Crippen LogP contribution >= 0.6 is 0 Å². The van der Waals surface area contributed by atoms with Crippen LogP contribution in [-0.2, 0) is 16.0 Å². The molecule has 38 heavy (non-hydrogen) atoms. The van der Waals surface area contributed by atoms with Crippen molar-refractivity contribution in [2.24, 2.45) is 5.92 Å². The van der Waals surface area contributed by atoms with Gasteiger partial charge >= 0.3 is 6.09 Å². The number of piperidine rings is 2. The van der Waals surface area contributed by atoms with Gasteiger partial charge in [-0.2, -0.15) is 5.26 Å². The number of Topliss-reactive ketones (excluding diaryl/α,β-unsaturated/α-hetero) is 1. The maximum absolute atomic E-state index is 13.8. The molecule has 0 spiro atoms. The summed E-state index contributed by atoms with van der Waals surface area (Å²) in [5, 5.41) is 9.36. The van der Waals surface area contributed by atoms with Gasteiger partial charge in [0.25, 0.3) is 0 Å². The third-order valence-electron chi connectivity index (χ3n) is 8.53. The molecule has 192 valence electrons. The Kier molecular flexibility index (Phi) is 6.45. The quantitative estimate of drug-likeness (QED) is 0.400. The van der Waals surface area contributed by atoms with Crippen molar-refractivity contribution in [3.63, 3.8) is 0 Å². The van der Waals surface area contributed by atoms with Gasteiger partial charge in [0, 0.05) is 30.3 Å². The van der Waals surface area contributed by atoms with Gasteiger partial charge in [0.1, 0.15) is 18.2 Å². The van der Waals surface area contributed by atoms with Crippen LogP contribution in [0.3, 0.4) is 0 Å². The first-order chi connectivity index (χ1) is 18.5. The van der Waals surface area contributed by atoms with E-state index < -0.39 is 5.82 Å². The standard InChI is InChI=1S/C32H29FN2O3/c33-23-13-12-20(18-34)21(14-23)17-31(36)22-15-24-6-5-7-25(16-22)35(24)32(37)38-19-30-28-10-3-1-8-26(28)27-9-2-4-11-29(27)30/h1-4,8-14,22,24-25,30H,5-7,15-17,19H2. The molecule has 0 saturated carbocycles. The van der Waals surface area contributed by atoms with E-state index in [2.05, 4.69) is 30.3 Å². The van der Waals surface area contributed by atoms with Crippen LogP contribution in [0.4, 0.5) is 9.18 Å². The highest BCUT2D eigenvalue weighted by molar-refractivity contribution is 5.84. The Labute approximate surface area is 221 Å². The predicted octanol–water partition coefficient (Wildman–Crippen LogP) is 6.39. The highest BCUT2D eigenvalue weighted by Crippen LogP contribution is 2.45. The van der Waals surface area contributed by atoms with E-state index in [1.807, 2.05) is 29.2 Å². The molecule has 0 N–H and O–H groups in total. The van der Waals surface area contributed by atoms with E-state index in [1.165, 1.54) is 40.5 Å². The van der Waals surface area contributed by atoms with Gasteiger partial charge < -0.3 is 9.64 Å². The Bertz CT molecular complexity index is 1390. The zero-order valence-electron chi connectivity index (χ0n) is 21.1. The first kappa shape index (κ1) is 24.4. The van der Waals surface area contributed by atoms with E-state index in [-0.39, 0.29) is 48.8 Å². The van der Waals surface area contributed by atoms with Crippen LogP contribution in [-0.4, -0.2) is 35.5 Å². The van der Waals surface area contributed by atoms with Gasteiger partial charge in [0.2, 0.25) is 0 Å². The Hall–Kier alpha value is -3.98. The number of benzene rings is 3. The van der Waals surface area contributed by atoms with Crippen molar-refractivity contribution in [3.8, 4) is 17.2 Å². The van der Waals surface area contributed by atoms with Crippen LogP contribution in [0.5, 0.6) is 0 Å². The predicted molar refractivity (Wildman–Crippen MR) is 141 cm³/mol. The normalized spacial score (nSPS) is 21.8. The van der Waals surface area contributed by atoms with Crippen molar-refractivity contribution in [3.05, 3.63) is 94.8 Å². The summed E-state index contributed by atoms with van der Waals surface area (Å²) in [5.74, 6) is -0.645. The van der Waals surface area contributed by atoms with Gasteiger partial charge in [0.05, 0.1) is 11.6 Å². The third-order valence-corrected chi connectivity index (χ3v) is 8.53. The molecule has 3 aliphatic rings. The Morgan fingerprint density at radius 3 is 2.21 bits per heavy atom. The van der Waals surface area contributed by atoms with Crippen LogP contribution in [0.15, 0.2) is 66.7 Å². The Balaban J connectivity index is 1.14. The molecule has 2 saturated heterocycles. The lowest BCUT2D eigenvalue weighted by atomic mass is 9.76. The number of ether oxygens (including phenoxy) is 1. The molecule has 2 unspecified atom stereocenters. The third kappa shape index (κ3) is 4.36. The van der Waals surface area contributed by atoms with Crippen LogP contribution in [0.25, 0.3) is 11.1 Å². The lowest BCUT2D eigenvalue weighted by molar-refractivity contribution is -0.126. The lowest BCUT2D eigenvalue weighted by Gasteiger charge is -2.47. The van der Waals surface area contributed by atoms with Crippen LogP contribution < -0.4 is 0 Å². The molecular weight excluding hydrogens is 479 g/mol. The van der Waals surface area contributed by atoms with Crippen molar-refractivity contribution in [1.29, 1.82) is 5.26 Å². The second-order valence-corrected chi connectivity index (χ2v) is 10.7. The molecule has 5 nitrogen and oxygen atoms in total. The largest absolute Gasteiger partial charge is 0.448 e. The van der Waals surface area contributed by atoms with E-state index >= 15 is 0 Å². The van der Waals surface area contributed by atoms with E-state index in [9.17, 15) is 19.2 Å². The molecule has 6 heteroatoms. The number of nitrogens with zero attached hydrogens (tertiary/aromatic N) is 2. The summed E-state index contributed by atoms with van der Waals surface area (Å²) in [5.41, 5.74) is 5.51. The molecule has 3 aromatic carbocycles. The second kappa shape index (κ2) is 10.1. The van der Waals surface area contributed by atoms with Gasteiger partial charge in [-0.1, -0.05) is 48.5 Å². The first-order valence-electron chi connectivity index (χ1n) is 13.4. The minimum absolute atomic E-state index is 0.00547. The molecular formula is C32H29FN2O3. The summed E-state index contributed by atoms with van der Waals surface area (Å²) in [6, 6.07) is 22.5. The van der Waals surface area contributed by atoms with E-state index in [0.29, 0.717) is 24.0 Å². The summed E-state index contributed by atoms with van der Waals surface area (Å²) in [7, 11) is 0. The molecule has 2 bridgehead atoms. The summed E-state index contributed by atoms with van der Waals surface area (Å²) in [6.45, 7) is 0.279. The van der Waals surface area contributed by atoms with Crippen LogP contribution in [0.2, 0.25) is 0 Å². The number of amides is 1. The van der Waals surface area contributed by atoms with Gasteiger partial charge in [-0.25, -0.2) is 9.18 Å². The summed E-state index contributed by atoms with van der Waals surface area (Å²) in [6.07, 6.45) is 3.60. The van der Waals surface area contributed by atoms with Gasteiger partial charge in [-0.05, 0) is 78.1 Å². The zero-order chi connectivity index (χ0) is 26.2. The molecule has 2 fully saturated rings. The molecule has 0 aromatic heterocycles. The van der Waals surface area contributed by atoms with E-state index in [0.717, 1.165) is 19.3 Å². The molecule has 1 aliphatic carbocycles. The number of rotatable bonds is 5. The maximum atomic E-state index is 13.8. The fraction of sp³-hybridized carbons (Fsp3) is 0.344. The number of hydrogen-bond acceptors (Lipinski definition) is 4. The summed E-state index contributed by atoms with van der Waals surface area (Å²) < 4.78 is 19.7.